The molecular formula is C25H25N5O5. The van der Waals surface area contributed by atoms with Gasteiger partial charge in [0.15, 0.2) is 17.3 Å². The molecule has 4 rings (SSSR count). The van der Waals surface area contributed by atoms with E-state index in [2.05, 4.69) is 20.5 Å². The molecule has 0 spiro atoms. The van der Waals surface area contributed by atoms with Crippen LogP contribution in [0.25, 0.3) is 5.82 Å². The van der Waals surface area contributed by atoms with Crippen molar-refractivity contribution in [2.24, 2.45) is 0 Å². The molecule has 0 aliphatic heterocycles. The maximum absolute atomic E-state index is 12.8. The van der Waals surface area contributed by atoms with E-state index in [1.54, 1.807) is 48.8 Å². The Balaban J connectivity index is 1.43. The molecule has 0 bridgehead atoms. The van der Waals surface area contributed by atoms with Gasteiger partial charge in [0.25, 0.3) is 5.91 Å². The van der Waals surface area contributed by atoms with Crippen LogP contribution in [0.5, 0.6) is 28.9 Å². The SMILES string of the molecule is COc1cc(C(=O)Nc2ccc(Oc3ccc(-n4cnc(C)c4C)nn3)cc2)cc(OC)c1OC. The third-order valence-corrected chi connectivity index (χ3v) is 5.39. The van der Waals surface area contributed by atoms with Crippen molar-refractivity contribution in [2.45, 2.75) is 13.8 Å². The third-order valence-electron chi connectivity index (χ3n) is 5.39. The standard InChI is InChI=1S/C25H25N5O5/c1-15-16(2)30(14-26-15)22-10-11-23(29-28-22)35-19-8-6-18(7-9-19)27-25(31)17-12-20(32-3)24(34-5)21(13-17)33-4/h6-14H,1-5H3,(H,27,31). The quantitative estimate of drug-likeness (QED) is 0.401. The average molecular weight is 476 g/mol. The van der Waals surface area contributed by atoms with Crippen molar-refractivity contribution in [3.63, 3.8) is 0 Å². The van der Waals surface area contributed by atoms with Crippen molar-refractivity contribution in [3.8, 4) is 34.7 Å². The first-order valence-electron chi connectivity index (χ1n) is 10.7. The summed E-state index contributed by atoms with van der Waals surface area (Å²) in [6.07, 6.45) is 1.71. The first-order valence-corrected chi connectivity index (χ1v) is 10.7. The number of nitrogens with one attached hydrogen (secondary N) is 1. The van der Waals surface area contributed by atoms with Crippen LogP contribution in [0.2, 0.25) is 0 Å². The summed E-state index contributed by atoms with van der Waals surface area (Å²) in [6, 6.07) is 13.6. The van der Waals surface area contributed by atoms with Crippen LogP contribution in [0, 0.1) is 13.8 Å². The topological polar surface area (TPSA) is 110 Å². The molecule has 2 aromatic carbocycles. The van der Waals surface area contributed by atoms with Crippen LogP contribution in [-0.2, 0) is 0 Å². The monoisotopic (exact) mass is 475 g/mol. The molecular weight excluding hydrogens is 450 g/mol. The number of aryl methyl sites for hydroxylation is 1. The predicted molar refractivity (Wildman–Crippen MR) is 129 cm³/mol. The van der Waals surface area contributed by atoms with Crippen LogP contribution in [0.15, 0.2) is 54.9 Å². The average Bonchev–Trinajstić information content (AvgIpc) is 3.22. The Labute approximate surface area is 202 Å². The largest absolute Gasteiger partial charge is 0.493 e. The number of rotatable bonds is 8. The maximum Gasteiger partial charge on any atom is 0.255 e. The number of aromatic nitrogens is 4. The number of amides is 1. The lowest BCUT2D eigenvalue weighted by molar-refractivity contribution is 0.102. The second-order valence-electron chi connectivity index (χ2n) is 7.51. The number of nitrogens with zero attached hydrogens (tertiary/aromatic N) is 4. The number of ether oxygens (including phenoxy) is 4. The summed E-state index contributed by atoms with van der Waals surface area (Å²) in [5.41, 5.74) is 2.88. The van der Waals surface area contributed by atoms with E-state index in [0.717, 1.165) is 11.4 Å². The van der Waals surface area contributed by atoms with Crippen molar-refractivity contribution in [1.82, 2.24) is 19.7 Å². The molecule has 0 atom stereocenters. The van der Waals surface area contributed by atoms with Gasteiger partial charge in [0, 0.05) is 23.0 Å². The van der Waals surface area contributed by atoms with E-state index in [0.29, 0.717) is 45.9 Å². The molecule has 4 aromatic rings. The Hall–Kier alpha value is -4.60. The highest BCUT2D eigenvalue weighted by molar-refractivity contribution is 6.05. The molecule has 1 N–H and O–H groups in total. The lowest BCUT2D eigenvalue weighted by atomic mass is 10.1. The fourth-order valence-electron chi connectivity index (χ4n) is 3.37. The number of hydrogen-bond acceptors (Lipinski definition) is 8. The van der Waals surface area contributed by atoms with E-state index in [1.807, 2.05) is 24.5 Å². The normalized spacial score (nSPS) is 10.5. The van der Waals surface area contributed by atoms with Gasteiger partial charge in [-0.3, -0.25) is 9.36 Å². The third kappa shape index (κ3) is 5.01. The van der Waals surface area contributed by atoms with Crippen molar-refractivity contribution in [2.75, 3.05) is 26.6 Å². The van der Waals surface area contributed by atoms with Crippen molar-refractivity contribution in [1.29, 1.82) is 0 Å². The minimum Gasteiger partial charge on any atom is -0.493 e. The zero-order valence-corrected chi connectivity index (χ0v) is 20.0. The molecule has 10 heteroatoms. The number of anilines is 1. The van der Waals surface area contributed by atoms with E-state index in [1.165, 1.54) is 21.3 Å². The maximum atomic E-state index is 12.8. The van der Waals surface area contributed by atoms with Crippen molar-refractivity contribution >= 4 is 11.6 Å². The smallest absolute Gasteiger partial charge is 0.255 e. The van der Waals surface area contributed by atoms with Gasteiger partial charge in [0.2, 0.25) is 11.6 Å². The molecule has 0 radical (unpaired) electrons. The Morgan fingerprint density at radius 3 is 2.09 bits per heavy atom. The van der Waals surface area contributed by atoms with Crippen LogP contribution in [0.1, 0.15) is 21.7 Å². The molecule has 35 heavy (non-hydrogen) atoms. The van der Waals surface area contributed by atoms with Crippen LogP contribution < -0.4 is 24.3 Å². The zero-order chi connectivity index (χ0) is 24.9. The molecule has 10 nitrogen and oxygen atoms in total. The molecule has 2 heterocycles. The van der Waals surface area contributed by atoms with E-state index >= 15 is 0 Å². The molecule has 1 amide bonds. The van der Waals surface area contributed by atoms with Gasteiger partial charge in [-0.15, -0.1) is 10.2 Å². The summed E-state index contributed by atoms with van der Waals surface area (Å²) in [4.78, 5) is 17.1. The van der Waals surface area contributed by atoms with Crippen LogP contribution in [0.3, 0.4) is 0 Å². The number of benzene rings is 2. The summed E-state index contributed by atoms with van der Waals surface area (Å²) in [5.74, 6) is 2.42. The summed E-state index contributed by atoms with van der Waals surface area (Å²) < 4.78 is 23.6. The zero-order valence-electron chi connectivity index (χ0n) is 20.0. The molecule has 0 saturated heterocycles. The minimum atomic E-state index is -0.329. The van der Waals surface area contributed by atoms with Crippen LogP contribution >= 0.6 is 0 Å². The number of imidazole rings is 1. The van der Waals surface area contributed by atoms with Crippen molar-refractivity contribution in [3.05, 3.63) is 71.8 Å². The lowest BCUT2D eigenvalue weighted by Gasteiger charge is -2.14. The van der Waals surface area contributed by atoms with E-state index < -0.39 is 0 Å². The van der Waals surface area contributed by atoms with Gasteiger partial charge in [-0.25, -0.2) is 4.98 Å². The number of methoxy groups -OCH3 is 3. The minimum absolute atomic E-state index is 0.329. The van der Waals surface area contributed by atoms with Gasteiger partial charge in [0.1, 0.15) is 12.1 Å². The molecule has 0 saturated carbocycles. The molecule has 180 valence electrons. The Morgan fingerprint density at radius 2 is 1.57 bits per heavy atom. The van der Waals surface area contributed by atoms with Gasteiger partial charge in [-0.05, 0) is 56.3 Å². The fourth-order valence-corrected chi connectivity index (χ4v) is 3.37. The number of hydrogen-bond donors (Lipinski definition) is 1. The first-order chi connectivity index (χ1) is 16.9. The highest BCUT2D eigenvalue weighted by atomic mass is 16.5. The predicted octanol–water partition coefficient (Wildman–Crippen LogP) is 4.35. The van der Waals surface area contributed by atoms with E-state index in [-0.39, 0.29) is 5.91 Å². The summed E-state index contributed by atoms with van der Waals surface area (Å²) in [6.45, 7) is 3.91. The Morgan fingerprint density at radius 1 is 0.886 bits per heavy atom. The Kier molecular flexibility index (Phi) is 6.81. The second kappa shape index (κ2) is 10.1. The van der Waals surface area contributed by atoms with Gasteiger partial charge in [-0.1, -0.05) is 0 Å². The van der Waals surface area contributed by atoms with Crippen LogP contribution in [0.4, 0.5) is 5.69 Å². The Bertz CT molecular complexity index is 1310. The molecule has 0 fully saturated rings. The van der Waals surface area contributed by atoms with Crippen molar-refractivity contribution < 1.29 is 23.7 Å². The fraction of sp³-hybridized carbons (Fsp3) is 0.200. The van der Waals surface area contributed by atoms with Crippen LogP contribution in [-0.4, -0.2) is 47.0 Å². The van der Waals surface area contributed by atoms with Gasteiger partial charge >= 0.3 is 0 Å². The lowest BCUT2D eigenvalue weighted by Crippen LogP contribution is -2.12. The van der Waals surface area contributed by atoms with E-state index in [4.69, 9.17) is 18.9 Å². The summed E-state index contributed by atoms with van der Waals surface area (Å²) >= 11 is 0. The van der Waals surface area contributed by atoms with E-state index in [9.17, 15) is 4.79 Å². The number of carbonyl (C=O) groups excluding carboxylic acids is 1. The summed E-state index contributed by atoms with van der Waals surface area (Å²) in [7, 11) is 4.50. The second-order valence-corrected chi connectivity index (χ2v) is 7.51. The number of carbonyl (C=O) groups is 1. The highest BCUT2D eigenvalue weighted by Crippen LogP contribution is 2.38. The molecule has 0 unspecified atom stereocenters. The summed E-state index contributed by atoms with van der Waals surface area (Å²) in [5, 5.41) is 11.2. The van der Waals surface area contributed by atoms with Gasteiger partial charge < -0.3 is 24.3 Å². The molecule has 0 aliphatic carbocycles. The van der Waals surface area contributed by atoms with Gasteiger partial charge in [-0.2, -0.15) is 0 Å². The first kappa shape index (κ1) is 23.6. The molecule has 2 aromatic heterocycles. The van der Waals surface area contributed by atoms with Gasteiger partial charge in [0.05, 0.1) is 27.0 Å². The molecule has 0 aliphatic rings. The highest BCUT2D eigenvalue weighted by Gasteiger charge is 2.17.